The summed E-state index contributed by atoms with van der Waals surface area (Å²) in [6, 6.07) is 0. The van der Waals surface area contributed by atoms with Crippen LogP contribution in [0.1, 0.15) is 6.42 Å². The topological polar surface area (TPSA) is 0 Å². The summed E-state index contributed by atoms with van der Waals surface area (Å²) in [6.45, 7) is 0. The smallest absolute Gasteiger partial charge is 0.0566 e. The third kappa shape index (κ3) is 0.536. The second-order valence-corrected chi connectivity index (χ2v) is 1.37. The van der Waals surface area contributed by atoms with Crippen LogP contribution < -0.4 is 0 Å². The van der Waals surface area contributed by atoms with Gasteiger partial charge in [0.05, 0.1) is 0 Å². The van der Waals surface area contributed by atoms with Crippen LogP contribution in [0.4, 0.5) is 0 Å². The first-order valence-electron chi connectivity index (χ1n) is 2.01. The van der Waals surface area contributed by atoms with Crippen LogP contribution in [-0.4, -0.2) is 7.85 Å². The number of hydrogen-bond donors (Lipinski definition) is 0. The van der Waals surface area contributed by atoms with Gasteiger partial charge >= 0.3 is 0 Å². The molecule has 0 unspecified atom stereocenters. The molecule has 0 aromatic rings. The van der Waals surface area contributed by atoms with Crippen molar-refractivity contribution in [3.63, 3.8) is 0 Å². The third-order valence-corrected chi connectivity index (χ3v) is 0.800. The van der Waals surface area contributed by atoms with E-state index >= 15 is 0 Å². The molecular formula is C5H5B-. The van der Waals surface area contributed by atoms with Crippen molar-refractivity contribution in [2.45, 2.75) is 6.42 Å². The largest absolute Gasteiger partial charge is 0.586 e. The van der Waals surface area contributed by atoms with Crippen LogP contribution >= 0.6 is 0 Å². The number of hydrogen-bond acceptors (Lipinski definition) is 0. The van der Waals surface area contributed by atoms with Gasteiger partial charge < -0.3 is 13.3 Å². The summed E-state index contributed by atoms with van der Waals surface area (Å²) >= 11 is 0. The van der Waals surface area contributed by atoms with E-state index in [1.807, 2.05) is 18.2 Å². The Morgan fingerprint density at radius 1 is 1.67 bits per heavy atom. The average Bonchev–Trinajstić information content (AvgIpc) is 1.86. The van der Waals surface area contributed by atoms with Crippen LogP contribution in [-0.2, 0) is 0 Å². The molecule has 0 aromatic heterocycles. The molecule has 29 valence electrons. The summed E-state index contributed by atoms with van der Waals surface area (Å²) in [6.07, 6.45) is 6.87. The molecule has 0 saturated heterocycles. The van der Waals surface area contributed by atoms with Gasteiger partial charge in [-0.05, 0) is 0 Å². The predicted molar refractivity (Wildman–Crippen MR) is 27.6 cm³/mol. The lowest BCUT2D eigenvalue weighted by molar-refractivity contribution is 1.41. The van der Waals surface area contributed by atoms with Crippen molar-refractivity contribution in [2.75, 3.05) is 0 Å². The molecule has 0 aliphatic heterocycles. The lowest BCUT2D eigenvalue weighted by atomic mass is 9.95. The van der Waals surface area contributed by atoms with Crippen molar-refractivity contribution in [2.24, 2.45) is 0 Å². The highest BCUT2D eigenvalue weighted by atomic mass is 13.9. The Hall–Kier alpha value is -0.455. The van der Waals surface area contributed by atoms with Crippen molar-refractivity contribution >= 4 is 7.85 Å². The summed E-state index contributed by atoms with van der Waals surface area (Å²) in [4.78, 5) is 0. The van der Waals surface area contributed by atoms with E-state index in [1.54, 1.807) is 0 Å². The normalized spacial score (nSPS) is 18.5. The monoisotopic (exact) mass is 76.0 g/mol. The van der Waals surface area contributed by atoms with Crippen LogP contribution in [0, 0.1) is 0 Å². The van der Waals surface area contributed by atoms with Crippen molar-refractivity contribution in [1.29, 1.82) is 0 Å². The molecule has 0 atom stereocenters. The maximum Gasteiger partial charge on any atom is -0.0566 e. The van der Waals surface area contributed by atoms with Crippen LogP contribution in [0.5, 0.6) is 0 Å². The van der Waals surface area contributed by atoms with Gasteiger partial charge in [0, 0.05) is 0 Å². The number of allylic oxidation sites excluding steroid dienone is 4. The highest BCUT2D eigenvalue weighted by molar-refractivity contribution is 6.22. The molecular weight excluding hydrogens is 70.9 g/mol. The lowest BCUT2D eigenvalue weighted by Crippen LogP contribution is -1.68. The van der Waals surface area contributed by atoms with Gasteiger partial charge in [-0.1, -0.05) is 18.6 Å². The summed E-state index contributed by atoms with van der Waals surface area (Å²) in [7, 11) is 5.33. The molecule has 1 rings (SSSR count). The molecule has 0 aromatic carbocycles. The van der Waals surface area contributed by atoms with Gasteiger partial charge in [-0.15, -0.1) is 6.08 Å². The first kappa shape index (κ1) is 3.73. The predicted octanol–water partition coefficient (Wildman–Crippen LogP) is 0.999. The van der Waals surface area contributed by atoms with Gasteiger partial charge in [0.15, 0.2) is 0 Å². The zero-order valence-corrected chi connectivity index (χ0v) is 3.52. The van der Waals surface area contributed by atoms with E-state index in [-0.39, 0.29) is 0 Å². The Morgan fingerprint density at radius 2 is 2.50 bits per heavy atom. The fourth-order valence-electron chi connectivity index (χ4n) is 0.464. The SMILES string of the molecule is [B-]C1=CC=CC1. The molecule has 0 fully saturated rings. The van der Waals surface area contributed by atoms with Crippen molar-refractivity contribution < 1.29 is 0 Å². The molecule has 0 N–H and O–H groups in total. The Bertz CT molecular complexity index is 101. The maximum absolute atomic E-state index is 5.33. The second kappa shape index (κ2) is 1.33. The molecule has 1 heteroatoms. The minimum atomic E-state index is 0.944. The molecule has 0 bridgehead atoms. The molecule has 1 aliphatic rings. The number of rotatable bonds is 0. The molecule has 0 nitrogen and oxygen atoms in total. The van der Waals surface area contributed by atoms with Gasteiger partial charge in [-0.3, -0.25) is 0 Å². The van der Waals surface area contributed by atoms with Crippen molar-refractivity contribution in [3.8, 4) is 0 Å². The van der Waals surface area contributed by atoms with E-state index in [4.69, 9.17) is 7.85 Å². The first-order valence-corrected chi connectivity index (χ1v) is 2.01. The Kier molecular flexibility index (Phi) is 0.828. The Morgan fingerprint density at radius 3 is 2.67 bits per heavy atom. The molecule has 0 heterocycles. The molecule has 6 heavy (non-hydrogen) atoms. The van der Waals surface area contributed by atoms with Crippen molar-refractivity contribution in [3.05, 3.63) is 23.7 Å². The van der Waals surface area contributed by atoms with E-state index in [9.17, 15) is 0 Å². The third-order valence-electron chi connectivity index (χ3n) is 0.800. The maximum atomic E-state index is 5.33. The van der Waals surface area contributed by atoms with Crippen LogP contribution in [0.2, 0.25) is 0 Å². The zero-order chi connectivity index (χ0) is 4.41. The van der Waals surface area contributed by atoms with E-state index in [1.165, 1.54) is 0 Å². The Labute approximate surface area is 39.0 Å². The van der Waals surface area contributed by atoms with Gasteiger partial charge in [0.1, 0.15) is 0 Å². The van der Waals surface area contributed by atoms with Gasteiger partial charge in [0.2, 0.25) is 0 Å². The fraction of sp³-hybridized carbons (Fsp3) is 0.200. The van der Waals surface area contributed by atoms with Gasteiger partial charge in [-0.25, -0.2) is 0 Å². The van der Waals surface area contributed by atoms with E-state index in [2.05, 4.69) is 0 Å². The molecule has 3 radical (unpaired) electrons. The van der Waals surface area contributed by atoms with Crippen molar-refractivity contribution in [1.82, 2.24) is 0 Å². The van der Waals surface area contributed by atoms with Gasteiger partial charge in [0.25, 0.3) is 0 Å². The summed E-state index contributed by atoms with van der Waals surface area (Å²) < 4.78 is 0. The molecule has 0 spiro atoms. The molecule has 1 aliphatic carbocycles. The van der Waals surface area contributed by atoms with Crippen LogP contribution in [0.15, 0.2) is 23.7 Å². The minimum Gasteiger partial charge on any atom is -0.586 e. The second-order valence-electron chi connectivity index (χ2n) is 1.37. The quantitative estimate of drug-likeness (QED) is 0.377. The van der Waals surface area contributed by atoms with E-state index in [0.29, 0.717) is 0 Å². The fourth-order valence-corrected chi connectivity index (χ4v) is 0.464. The van der Waals surface area contributed by atoms with E-state index < -0.39 is 0 Å². The minimum absolute atomic E-state index is 0.944. The average molecular weight is 75.9 g/mol. The van der Waals surface area contributed by atoms with Crippen LogP contribution in [0.25, 0.3) is 0 Å². The molecule has 0 amide bonds. The van der Waals surface area contributed by atoms with Crippen LogP contribution in [0.3, 0.4) is 0 Å². The molecule has 0 saturated carbocycles. The zero-order valence-electron chi connectivity index (χ0n) is 3.52. The standard InChI is InChI=1S/C5H5B/c6-5-3-1-2-4-5/h1-3H,4H2/q-1. The van der Waals surface area contributed by atoms with E-state index in [0.717, 1.165) is 11.9 Å². The summed E-state index contributed by atoms with van der Waals surface area (Å²) in [5.74, 6) is 0. The summed E-state index contributed by atoms with van der Waals surface area (Å²) in [5, 5.41) is 0. The van der Waals surface area contributed by atoms with Gasteiger partial charge in [-0.2, -0.15) is 0 Å². The highest BCUT2D eigenvalue weighted by Crippen LogP contribution is 2.03. The first-order chi connectivity index (χ1) is 2.89. The lowest BCUT2D eigenvalue weighted by Gasteiger charge is -2.01. The highest BCUT2D eigenvalue weighted by Gasteiger charge is 1.74. The Balaban J connectivity index is 2.61. The summed E-state index contributed by atoms with van der Waals surface area (Å²) in [5.41, 5.74) is 0.968.